The Balaban J connectivity index is 1.52. The number of carbonyl (C=O) groups excluding carboxylic acids is 1. The third-order valence-corrected chi connectivity index (χ3v) is 4.42. The van der Waals surface area contributed by atoms with Gasteiger partial charge in [0.05, 0.1) is 18.3 Å². The number of carbonyl (C=O) groups is 1. The molecule has 0 radical (unpaired) electrons. The molecule has 2 aliphatic rings. The van der Waals surface area contributed by atoms with Gasteiger partial charge < -0.3 is 10.2 Å². The summed E-state index contributed by atoms with van der Waals surface area (Å²) in [6.45, 7) is 3.18. The number of aromatic nitrogens is 5. The van der Waals surface area contributed by atoms with Gasteiger partial charge in [0.15, 0.2) is 0 Å². The van der Waals surface area contributed by atoms with Crippen molar-refractivity contribution in [1.29, 1.82) is 0 Å². The Hall–Kier alpha value is -2.95. The smallest absolute Gasteiger partial charge is 0.296 e. The van der Waals surface area contributed by atoms with Crippen molar-refractivity contribution in [3.05, 3.63) is 30.4 Å². The maximum absolute atomic E-state index is 12.2. The highest BCUT2D eigenvalue weighted by Gasteiger charge is 2.36. The van der Waals surface area contributed by atoms with Crippen molar-refractivity contribution in [2.24, 2.45) is 5.92 Å². The third kappa shape index (κ3) is 3.60. The van der Waals surface area contributed by atoms with E-state index in [9.17, 15) is 4.79 Å². The van der Waals surface area contributed by atoms with Gasteiger partial charge >= 0.3 is 0 Å². The standard InChI is InChI=1S/C17H19N7O/c1-12-6-7-18-17(20-12)23-10-14(15(11-23)24-9-8-19-22-24)21-16(25)5-4-13-2-3-13/h6-9,13-15H,2-3,10-11H2,1H3,(H,21,25)/t14-,15+/m1/s1. The summed E-state index contributed by atoms with van der Waals surface area (Å²) < 4.78 is 1.77. The van der Waals surface area contributed by atoms with E-state index in [2.05, 4.69) is 42.3 Å². The lowest BCUT2D eigenvalue weighted by atomic mass is 10.2. The molecule has 2 aromatic rings. The maximum Gasteiger partial charge on any atom is 0.296 e. The predicted octanol–water partition coefficient (Wildman–Crippen LogP) is 0.336. The van der Waals surface area contributed by atoms with Gasteiger partial charge in [-0.05, 0) is 31.8 Å². The minimum atomic E-state index is -0.242. The van der Waals surface area contributed by atoms with Gasteiger partial charge in [-0.2, -0.15) is 0 Å². The van der Waals surface area contributed by atoms with Crippen LogP contribution in [0.4, 0.5) is 5.95 Å². The zero-order chi connectivity index (χ0) is 17.2. The van der Waals surface area contributed by atoms with Gasteiger partial charge in [0, 0.05) is 37.1 Å². The van der Waals surface area contributed by atoms with E-state index in [1.54, 1.807) is 23.3 Å². The molecule has 3 heterocycles. The lowest BCUT2D eigenvalue weighted by Crippen LogP contribution is -2.41. The van der Waals surface area contributed by atoms with Crippen molar-refractivity contribution in [3.8, 4) is 11.8 Å². The molecule has 8 nitrogen and oxygen atoms in total. The fraction of sp³-hybridized carbons (Fsp3) is 0.471. The summed E-state index contributed by atoms with van der Waals surface area (Å²) in [5.41, 5.74) is 0.907. The van der Waals surface area contributed by atoms with E-state index >= 15 is 0 Å². The molecule has 4 rings (SSSR count). The molecule has 2 atom stereocenters. The summed E-state index contributed by atoms with van der Waals surface area (Å²) in [5.74, 6) is 6.52. The van der Waals surface area contributed by atoms with Crippen LogP contribution in [0.15, 0.2) is 24.7 Å². The number of nitrogens with zero attached hydrogens (tertiary/aromatic N) is 6. The van der Waals surface area contributed by atoms with Crippen LogP contribution in [0.3, 0.4) is 0 Å². The second kappa shape index (κ2) is 6.51. The van der Waals surface area contributed by atoms with Crippen LogP contribution in [-0.2, 0) is 4.79 Å². The van der Waals surface area contributed by atoms with Gasteiger partial charge in [-0.1, -0.05) is 11.1 Å². The fourth-order valence-electron chi connectivity index (χ4n) is 2.94. The Morgan fingerprint density at radius 1 is 1.32 bits per heavy atom. The Morgan fingerprint density at radius 3 is 2.92 bits per heavy atom. The van der Waals surface area contributed by atoms with E-state index in [4.69, 9.17) is 0 Å². The highest BCUT2D eigenvalue weighted by atomic mass is 16.1. The maximum atomic E-state index is 12.2. The molecule has 1 amide bonds. The Morgan fingerprint density at radius 2 is 2.20 bits per heavy atom. The zero-order valence-corrected chi connectivity index (χ0v) is 14.0. The molecule has 2 aromatic heterocycles. The van der Waals surface area contributed by atoms with Crippen molar-refractivity contribution >= 4 is 11.9 Å². The number of hydrogen-bond acceptors (Lipinski definition) is 6. The topological polar surface area (TPSA) is 88.8 Å². The molecule has 2 fully saturated rings. The minimum absolute atomic E-state index is 0.0433. The van der Waals surface area contributed by atoms with Crippen LogP contribution in [0.5, 0.6) is 0 Å². The molecule has 0 aromatic carbocycles. The van der Waals surface area contributed by atoms with E-state index in [0.717, 1.165) is 18.5 Å². The van der Waals surface area contributed by atoms with Gasteiger partial charge in [0.25, 0.3) is 5.91 Å². The molecule has 8 heteroatoms. The quantitative estimate of drug-likeness (QED) is 0.812. The second-order valence-corrected chi connectivity index (χ2v) is 6.48. The highest BCUT2D eigenvalue weighted by molar-refractivity contribution is 5.93. The molecule has 1 N–H and O–H groups in total. The van der Waals surface area contributed by atoms with Gasteiger partial charge in [0.2, 0.25) is 5.95 Å². The van der Waals surface area contributed by atoms with E-state index in [1.807, 2.05) is 13.0 Å². The molecule has 0 bridgehead atoms. The first-order valence-corrected chi connectivity index (χ1v) is 8.41. The Labute approximate surface area is 145 Å². The van der Waals surface area contributed by atoms with E-state index in [0.29, 0.717) is 25.0 Å². The largest absolute Gasteiger partial charge is 0.339 e. The molecule has 1 saturated heterocycles. The fourth-order valence-corrected chi connectivity index (χ4v) is 2.94. The number of hydrogen-bond donors (Lipinski definition) is 1. The number of anilines is 1. The minimum Gasteiger partial charge on any atom is -0.339 e. The first-order valence-electron chi connectivity index (χ1n) is 8.41. The first-order chi connectivity index (χ1) is 12.2. The van der Waals surface area contributed by atoms with Crippen molar-refractivity contribution in [1.82, 2.24) is 30.3 Å². The highest BCUT2D eigenvalue weighted by Crippen LogP contribution is 2.27. The zero-order valence-electron chi connectivity index (χ0n) is 14.0. The van der Waals surface area contributed by atoms with Crippen LogP contribution in [-0.4, -0.2) is 50.0 Å². The Kier molecular flexibility index (Phi) is 4.06. The molecule has 128 valence electrons. The normalized spacial score (nSPS) is 22.4. The number of nitrogens with one attached hydrogen (secondary N) is 1. The molecule has 25 heavy (non-hydrogen) atoms. The van der Waals surface area contributed by atoms with Gasteiger partial charge in [0.1, 0.15) is 0 Å². The molecule has 1 aliphatic heterocycles. The van der Waals surface area contributed by atoms with Crippen molar-refractivity contribution < 1.29 is 4.79 Å². The summed E-state index contributed by atoms with van der Waals surface area (Å²) in [6.07, 6.45) is 7.39. The van der Waals surface area contributed by atoms with Crippen LogP contribution >= 0.6 is 0 Å². The van der Waals surface area contributed by atoms with Crippen LogP contribution < -0.4 is 10.2 Å². The molecular weight excluding hydrogens is 318 g/mol. The average molecular weight is 337 g/mol. The van der Waals surface area contributed by atoms with Crippen LogP contribution in [0.25, 0.3) is 0 Å². The monoisotopic (exact) mass is 337 g/mol. The lowest BCUT2D eigenvalue weighted by Gasteiger charge is -2.17. The van der Waals surface area contributed by atoms with Crippen LogP contribution in [0.2, 0.25) is 0 Å². The van der Waals surface area contributed by atoms with Crippen molar-refractivity contribution in [2.75, 3.05) is 18.0 Å². The van der Waals surface area contributed by atoms with Crippen LogP contribution in [0.1, 0.15) is 24.6 Å². The molecule has 0 unspecified atom stereocenters. The third-order valence-electron chi connectivity index (χ3n) is 4.42. The van der Waals surface area contributed by atoms with Gasteiger partial charge in [-0.3, -0.25) is 4.79 Å². The van der Waals surface area contributed by atoms with Crippen molar-refractivity contribution in [2.45, 2.75) is 31.8 Å². The number of amides is 1. The lowest BCUT2D eigenvalue weighted by molar-refractivity contribution is -0.116. The summed E-state index contributed by atoms with van der Waals surface area (Å²) in [5, 5.41) is 11.0. The van der Waals surface area contributed by atoms with Crippen molar-refractivity contribution in [3.63, 3.8) is 0 Å². The van der Waals surface area contributed by atoms with Crippen LogP contribution in [0, 0.1) is 24.7 Å². The van der Waals surface area contributed by atoms with E-state index in [-0.39, 0.29) is 18.0 Å². The van der Waals surface area contributed by atoms with E-state index in [1.165, 1.54) is 0 Å². The predicted molar refractivity (Wildman–Crippen MR) is 90.5 cm³/mol. The summed E-state index contributed by atoms with van der Waals surface area (Å²) >= 11 is 0. The second-order valence-electron chi connectivity index (χ2n) is 6.48. The first kappa shape index (κ1) is 15.6. The summed E-state index contributed by atoms with van der Waals surface area (Å²) in [6, 6.07) is 1.69. The summed E-state index contributed by atoms with van der Waals surface area (Å²) in [7, 11) is 0. The molecule has 1 saturated carbocycles. The molecule has 0 spiro atoms. The Bertz CT molecular complexity index is 819. The van der Waals surface area contributed by atoms with Gasteiger partial charge in [-0.15, -0.1) is 5.10 Å². The summed E-state index contributed by atoms with van der Waals surface area (Å²) in [4.78, 5) is 23.0. The van der Waals surface area contributed by atoms with Gasteiger partial charge in [-0.25, -0.2) is 14.6 Å². The number of rotatable bonds is 3. The average Bonchev–Trinajstić information content (AvgIpc) is 3.09. The number of aryl methyl sites for hydroxylation is 1. The van der Waals surface area contributed by atoms with E-state index < -0.39 is 0 Å². The molecule has 1 aliphatic carbocycles. The molecular formula is C17H19N7O. The SMILES string of the molecule is Cc1ccnc(N2C[C@@H](NC(=O)C#CC3CC3)[C@@H](n3ccnn3)C2)n1.